The highest BCUT2D eigenvalue weighted by atomic mass is 32.2. The third-order valence-electron chi connectivity index (χ3n) is 10.6. The van der Waals surface area contributed by atoms with Crippen LogP contribution in [-0.2, 0) is 51.2 Å². The minimum absolute atomic E-state index is 0.00811. The molecule has 352 valence electrons. The van der Waals surface area contributed by atoms with E-state index >= 15 is 0 Å². The van der Waals surface area contributed by atoms with Gasteiger partial charge in [-0.3, -0.25) is 38.4 Å². The summed E-state index contributed by atoms with van der Waals surface area (Å²) in [6.45, 7) is 5.47. The standard InChI is InChI=1S/C43H62N8O11S2/c1-6-23(3)34-41(60)46-30(17-18-63-5)43(62)64-22-33(40(59)45-29(7-2)37(56)47-31(38(57)50-34)20-25-11-9-8-10-12-25)49-42(61)35(24(4)53)51-39(58)32(21-52)48-36(55)28(44)19-26-13-15-27(54)16-14-26/h8-16,23-24,28-35,52-54H,6-7,17-22,44H2,1-5H3,(H,45,59)(H,46,60)(H,47,56)(H,48,55)(H,49,61)(H,50,57)(H,51,58)/t23-,24+,28-,29?,30?,31-,32-,33-,34-,35-/m0/s1. The van der Waals surface area contributed by atoms with Gasteiger partial charge in [-0.05, 0) is 67.4 Å². The number of aliphatic hydroxyl groups is 2. The number of thioether (sulfide) groups is 2. The molecule has 19 nitrogen and oxygen atoms in total. The molecule has 0 aliphatic carbocycles. The first-order valence-corrected chi connectivity index (χ1v) is 23.4. The topological polar surface area (TPSA) is 307 Å². The molecule has 1 aliphatic rings. The fourth-order valence-corrected chi connectivity index (χ4v) is 7.89. The minimum atomic E-state index is -1.77. The summed E-state index contributed by atoms with van der Waals surface area (Å²) in [5.74, 6) is -6.31. The molecule has 12 N–H and O–H groups in total. The van der Waals surface area contributed by atoms with E-state index in [1.807, 2.05) is 13.2 Å². The molecule has 7 amide bonds. The van der Waals surface area contributed by atoms with Crippen molar-refractivity contribution in [1.82, 2.24) is 37.2 Å². The largest absolute Gasteiger partial charge is 0.508 e. The number of amides is 7. The summed E-state index contributed by atoms with van der Waals surface area (Å²) in [7, 11) is 0. The summed E-state index contributed by atoms with van der Waals surface area (Å²) in [4.78, 5) is 110. The molecule has 0 bridgehead atoms. The SMILES string of the molecule is CCC1NC(=O)[C@@H](NC(=O)[C@@H](NC(=O)[C@H](CO)NC(=O)[C@@H](N)Cc2ccc(O)cc2)[C@@H](C)O)CSC(=O)C(CCSC)NC(=O)[C@H]([C@@H](C)CC)NC(=O)[C@H](Cc2ccccc2)NC1=O. The Bertz CT molecular complexity index is 1910. The molecule has 0 spiro atoms. The summed E-state index contributed by atoms with van der Waals surface area (Å²) >= 11 is 2.05. The third kappa shape index (κ3) is 16.4. The average Bonchev–Trinajstić information content (AvgIpc) is 3.27. The van der Waals surface area contributed by atoms with Gasteiger partial charge >= 0.3 is 0 Å². The summed E-state index contributed by atoms with van der Waals surface area (Å²) in [5, 5.41) is 47.6. The fraction of sp³-hybridized carbons (Fsp3) is 0.535. The predicted molar refractivity (Wildman–Crippen MR) is 242 cm³/mol. The van der Waals surface area contributed by atoms with Crippen molar-refractivity contribution in [1.29, 1.82) is 0 Å². The Morgan fingerprint density at radius 1 is 0.812 bits per heavy atom. The second kappa shape index (κ2) is 26.5. The van der Waals surface area contributed by atoms with E-state index in [1.54, 1.807) is 56.3 Å². The Morgan fingerprint density at radius 3 is 2.03 bits per heavy atom. The average molecular weight is 931 g/mol. The molecular weight excluding hydrogens is 869 g/mol. The van der Waals surface area contributed by atoms with Crippen LogP contribution in [0.2, 0.25) is 0 Å². The number of rotatable bonds is 18. The first-order valence-electron chi connectivity index (χ1n) is 21.1. The van der Waals surface area contributed by atoms with Crippen LogP contribution in [0.5, 0.6) is 5.75 Å². The van der Waals surface area contributed by atoms with Crippen LogP contribution in [-0.4, -0.2) is 141 Å². The first kappa shape index (κ1) is 53.1. The summed E-state index contributed by atoms with van der Waals surface area (Å²) < 4.78 is 0. The van der Waals surface area contributed by atoms with Gasteiger partial charge in [-0.1, -0.05) is 81.4 Å². The molecule has 21 heteroatoms. The molecule has 2 unspecified atom stereocenters. The lowest BCUT2D eigenvalue weighted by atomic mass is 9.96. The number of benzene rings is 2. The van der Waals surface area contributed by atoms with Crippen molar-refractivity contribution in [2.75, 3.05) is 24.4 Å². The number of hydrogen-bond donors (Lipinski definition) is 11. The van der Waals surface area contributed by atoms with Crippen molar-refractivity contribution in [3.05, 3.63) is 65.7 Å². The van der Waals surface area contributed by atoms with Crippen LogP contribution in [0.15, 0.2) is 54.6 Å². The highest BCUT2D eigenvalue weighted by molar-refractivity contribution is 8.13. The van der Waals surface area contributed by atoms with E-state index < -0.39 is 113 Å². The number of aromatic hydroxyl groups is 1. The van der Waals surface area contributed by atoms with E-state index in [9.17, 15) is 53.7 Å². The highest BCUT2D eigenvalue weighted by Gasteiger charge is 2.37. The van der Waals surface area contributed by atoms with Gasteiger partial charge in [0.15, 0.2) is 0 Å². The van der Waals surface area contributed by atoms with Gasteiger partial charge in [0.1, 0.15) is 42.0 Å². The van der Waals surface area contributed by atoms with Crippen LogP contribution in [0.3, 0.4) is 0 Å². The molecule has 3 rings (SSSR count). The van der Waals surface area contributed by atoms with Crippen molar-refractivity contribution in [2.45, 2.75) is 114 Å². The van der Waals surface area contributed by atoms with Crippen molar-refractivity contribution in [3.8, 4) is 5.75 Å². The molecule has 1 saturated heterocycles. The molecule has 10 atom stereocenters. The second-order valence-corrected chi connectivity index (χ2v) is 17.6. The Morgan fingerprint density at radius 2 is 1.44 bits per heavy atom. The fourth-order valence-electron chi connectivity index (χ4n) is 6.48. The molecular formula is C43H62N8O11S2. The lowest BCUT2D eigenvalue weighted by molar-refractivity contribution is -0.137. The van der Waals surface area contributed by atoms with Crippen LogP contribution in [0.1, 0.15) is 58.1 Å². The maximum atomic E-state index is 14.0. The maximum absolute atomic E-state index is 14.0. The van der Waals surface area contributed by atoms with Crippen LogP contribution in [0, 0.1) is 5.92 Å². The van der Waals surface area contributed by atoms with Crippen molar-refractivity contribution < 1.29 is 53.7 Å². The Hall–Kier alpha value is -5.22. The summed E-state index contributed by atoms with van der Waals surface area (Å²) in [6.07, 6.45) is 0.957. The number of carbonyl (C=O) groups is 8. The third-order valence-corrected chi connectivity index (χ3v) is 12.3. The minimum Gasteiger partial charge on any atom is -0.508 e. The van der Waals surface area contributed by atoms with E-state index in [0.717, 1.165) is 0 Å². The van der Waals surface area contributed by atoms with E-state index in [1.165, 1.54) is 30.8 Å². The molecule has 0 radical (unpaired) electrons. The predicted octanol–water partition coefficient (Wildman–Crippen LogP) is -1.25. The summed E-state index contributed by atoms with van der Waals surface area (Å²) in [5.41, 5.74) is 7.32. The van der Waals surface area contributed by atoms with Crippen molar-refractivity contribution in [2.24, 2.45) is 11.7 Å². The van der Waals surface area contributed by atoms with Gasteiger partial charge in [-0.2, -0.15) is 11.8 Å². The zero-order chi connectivity index (χ0) is 47.5. The van der Waals surface area contributed by atoms with Gasteiger partial charge in [-0.25, -0.2) is 0 Å². The number of nitrogens with two attached hydrogens (primary N) is 1. The van der Waals surface area contributed by atoms with Crippen LogP contribution in [0.4, 0.5) is 0 Å². The van der Waals surface area contributed by atoms with Gasteiger partial charge in [0.05, 0.1) is 24.8 Å². The molecule has 64 heavy (non-hydrogen) atoms. The van der Waals surface area contributed by atoms with Crippen LogP contribution >= 0.6 is 23.5 Å². The number of aliphatic hydroxyl groups excluding tert-OH is 2. The normalized spacial score (nSPS) is 22.6. The smallest absolute Gasteiger partial charge is 0.245 e. The van der Waals surface area contributed by atoms with E-state index in [2.05, 4.69) is 37.2 Å². The number of phenols is 1. The highest BCUT2D eigenvalue weighted by Crippen LogP contribution is 2.17. The van der Waals surface area contributed by atoms with Gasteiger partial charge in [0, 0.05) is 12.2 Å². The molecule has 1 fully saturated rings. The molecule has 0 aromatic heterocycles. The van der Waals surface area contributed by atoms with Crippen molar-refractivity contribution in [3.63, 3.8) is 0 Å². The zero-order valence-electron chi connectivity index (χ0n) is 36.6. The molecule has 1 heterocycles. The molecule has 2 aromatic carbocycles. The lowest BCUT2D eigenvalue weighted by Gasteiger charge is -2.30. The number of hydrogen-bond acceptors (Lipinski definition) is 14. The monoisotopic (exact) mass is 930 g/mol. The number of carbonyl (C=O) groups excluding carboxylic acids is 8. The quantitative estimate of drug-likeness (QED) is 0.0834. The van der Waals surface area contributed by atoms with Gasteiger partial charge in [0.25, 0.3) is 0 Å². The Labute approximate surface area is 381 Å². The molecule has 1 aliphatic heterocycles. The van der Waals surface area contributed by atoms with Crippen LogP contribution in [0.25, 0.3) is 0 Å². The van der Waals surface area contributed by atoms with E-state index in [-0.39, 0.29) is 37.4 Å². The maximum Gasteiger partial charge on any atom is 0.245 e. The zero-order valence-corrected chi connectivity index (χ0v) is 38.3. The van der Waals surface area contributed by atoms with Crippen LogP contribution < -0.4 is 43.0 Å². The first-order chi connectivity index (χ1) is 30.4. The number of phenolic OH excluding ortho intramolecular Hbond substituents is 1. The Kier molecular flexibility index (Phi) is 22.0. The number of nitrogens with one attached hydrogen (secondary N) is 7. The van der Waals surface area contributed by atoms with E-state index in [4.69, 9.17) is 5.73 Å². The lowest BCUT2D eigenvalue weighted by Crippen LogP contribution is -2.63. The van der Waals surface area contributed by atoms with Crippen molar-refractivity contribution >= 4 is 70.0 Å². The molecule has 0 saturated carbocycles. The van der Waals surface area contributed by atoms with Gasteiger partial charge < -0.3 is 58.3 Å². The second-order valence-electron chi connectivity index (χ2n) is 15.6. The molecule has 2 aromatic rings. The van der Waals surface area contributed by atoms with E-state index in [0.29, 0.717) is 35.1 Å². The van der Waals surface area contributed by atoms with Gasteiger partial charge in [-0.15, -0.1) is 0 Å². The summed E-state index contributed by atoms with van der Waals surface area (Å²) in [6, 6.07) is 4.01. The Balaban J connectivity index is 1.92. The van der Waals surface area contributed by atoms with Gasteiger partial charge in [0.2, 0.25) is 46.5 Å².